The predicted octanol–water partition coefficient (Wildman–Crippen LogP) is 5.11. The fourth-order valence-electron chi connectivity index (χ4n) is 4.25. The van der Waals surface area contributed by atoms with Crippen molar-refractivity contribution in [2.24, 2.45) is 0 Å². The highest BCUT2D eigenvalue weighted by Gasteiger charge is 2.18. The lowest BCUT2D eigenvalue weighted by molar-refractivity contribution is 0.102. The second kappa shape index (κ2) is 16.6. The first-order valence-electron chi connectivity index (χ1n) is 13.7. The molecule has 10 nitrogen and oxygen atoms in total. The quantitative estimate of drug-likeness (QED) is 0.110. The van der Waals surface area contributed by atoms with E-state index < -0.39 is 5.91 Å². The Hall–Kier alpha value is -3.48. The van der Waals surface area contributed by atoms with Crippen molar-refractivity contribution in [1.29, 1.82) is 0 Å². The second-order valence-corrected chi connectivity index (χ2v) is 10.6. The van der Waals surface area contributed by atoms with E-state index in [1.807, 2.05) is 0 Å². The van der Waals surface area contributed by atoms with E-state index in [-0.39, 0.29) is 25.5 Å². The summed E-state index contributed by atoms with van der Waals surface area (Å²) in [5.41, 5.74) is 3.67. The average molecular weight is 661 g/mol. The molecule has 2 aromatic heterocycles. The van der Waals surface area contributed by atoms with Gasteiger partial charge in [-0.05, 0) is 30.3 Å². The number of halogens is 3. The van der Waals surface area contributed by atoms with Gasteiger partial charge in [0.05, 0.1) is 46.8 Å². The number of carbonyl (C=O) groups is 1. The number of anilines is 1. The van der Waals surface area contributed by atoms with Crippen LogP contribution in [0.25, 0.3) is 11.1 Å². The summed E-state index contributed by atoms with van der Waals surface area (Å²) in [5.74, 6) is 0.353. The number of pyridine rings is 2. The summed E-state index contributed by atoms with van der Waals surface area (Å²) in [7, 11) is 1.52. The van der Waals surface area contributed by atoms with Crippen LogP contribution in [0.2, 0.25) is 15.1 Å². The zero-order valence-corrected chi connectivity index (χ0v) is 26.1. The number of ether oxygens (including phenoxy) is 2. The normalized spacial score (nSPS) is 11.0. The summed E-state index contributed by atoms with van der Waals surface area (Å²) >= 11 is 20.1. The smallest absolute Gasteiger partial charge is 0.274 e. The number of hydrogen-bond acceptors (Lipinski definition) is 9. The van der Waals surface area contributed by atoms with E-state index in [0.29, 0.717) is 81.1 Å². The second-order valence-electron chi connectivity index (χ2n) is 9.43. The number of nitrogens with one attached hydrogen (secondary N) is 3. The van der Waals surface area contributed by atoms with E-state index in [9.17, 15) is 4.79 Å². The van der Waals surface area contributed by atoms with Crippen LogP contribution in [-0.4, -0.2) is 59.5 Å². The number of amides is 1. The molecule has 0 radical (unpaired) electrons. The molecule has 0 aliphatic rings. The number of aliphatic hydroxyl groups is 2. The maximum atomic E-state index is 13.0. The molecular weight excluding hydrogens is 629 g/mol. The molecule has 0 fully saturated rings. The summed E-state index contributed by atoms with van der Waals surface area (Å²) < 4.78 is 11.4. The molecule has 0 spiro atoms. The van der Waals surface area contributed by atoms with Crippen molar-refractivity contribution in [1.82, 2.24) is 20.6 Å². The standard InChI is InChI=1S/C31H32Cl3N5O5/c1-43-31-19(16-35-11-13-40)15-23(32)26(39-31)18-44-27-10-4-7-22(29(27)34)21-6-3-8-24(28(21)33)38-30(42)25-9-2-5-20(37-25)17-36-12-14-41/h2-10,15,35-36,40-41H,11-14,16-18H2,1H3,(H,38,42). The first-order valence-corrected chi connectivity index (χ1v) is 14.8. The Morgan fingerprint density at radius 1 is 0.864 bits per heavy atom. The number of rotatable bonds is 15. The fourth-order valence-corrected chi connectivity index (χ4v) is 5.04. The van der Waals surface area contributed by atoms with Crippen LogP contribution in [0.3, 0.4) is 0 Å². The molecular formula is C31H32Cl3N5O5. The minimum absolute atomic E-state index is 0.00796. The van der Waals surface area contributed by atoms with Crippen molar-refractivity contribution in [3.63, 3.8) is 0 Å². The van der Waals surface area contributed by atoms with Crippen molar-refractivity contribution < 1.29 is 24.5 Å². The predicted molar refractivity (Wildman–Crippen MR) is 172 cm³/mol. The molecule has 2 aromatic carbocycles. The molecule has 4 aromatic rings. The van der Waals surface area contributed by atoms with Gasteiger partial charge in [0.2, 0.25) is 5.88 Å². The van der Waals surface area contributed by atoms with E-state index in [4.69, 9.17) is 54.5 Å². The minimum atomic E-state index is -0.425. The fraction of sp³-hybridized carbons (Fsp3) is 0.258. The zero-order valence-electron chi connectivity index (χ0n) is 23.9. The number of hydrogen-bond donors (Lipinski definition) is 5. The maximum absolute atomic E-state index is 13.0. The number of aromatic nitrogens is 2. The van der Waals surface area contributed by atoms with Gasteiger partial charge in [-0.25, -0.2) is 9.97 Å². The van der Waals surface area contributed by atoms with E-state index >= 15 is 0 Å². The zero-order chi connectivity index (χ0) is 31.5. The molecule has 1 amide bonds. The molecule has 0 saturated heterocycles. The largest absolute Gasteiger partial charge is 0.486 e. The van der Waals surface area contributed by atoms with Crippen molar-refractivity contribution in [2.45, 2.75) is 19.7 Å². The lowest BCUT2D eigenvalue weighted by Gasteiger charge is -2.16. The summed E-state index contributed by atoms with van der Waals surface area (Å²) in [6.45, 7) is 1.73. The Morgan fingerprint density at radius 3 is 2.27 bits per heavy atom. The summed E-state index contributed by atoms with van der Waals surface area (Å²) in [4.78, 5) is 21.9. The summed E-state index contributed by atoms with van der Waals surface area (Å²) in [5, 5.41) is 27.9. The first-order chi connectivity index (χ1) is 21.4. The SMILES string of the molecule is COc1nc(COc2cccc(-c3cccc(NC(=O)c4cccc(CNCCO)n4)c3Cl)c2Cl)c(Cl)cc1CNCCO. The minimum Gasteiger partial charge on any atom is -0.486 e. The highest BCUT2D eigenvalue weighted by molar-refractivity contribution is 6.39. The monoisotopic (exact) mass is 659 g/mol. The maximum Gasteiger partial charge on any atom is 0.274 e. The average Bonchev–Trinajstić information content (AvgIpc) is 3.03. The third-order valence-corrected chi connectivity index (χ3v) is 7.51. The number of carbonyl (C=O) groups excluding carboxylic acids is 1. The molecule has 0 atom stereocenters. The number of benzene rings is 2. The van der Waals surface area contributed by atoms with Crippen LogP contribution in [0.5, 0.6) is 11.6 Å². The van der Waals surface area contributed by atoms with Gasteiger partial charge in [0.25, 0.3) is 5.91 Å². The molecule has 232 valence electrons. The molecule has 0 aliphatic carbocycles. The van der Waals surface area contributed by atoms with Crippen LogP contribution in [-0.2, 0) is 19.7 Å². The molecule has 4 rings (SSSR count). The topological polar surface area (TPSA) is 138 Å². The van der Waals surface area contributed by atoms with Crippen LogP contribution in [0.4, 0.5) is 5.69 Å². The van der Waals surface area contributed by atoms with E-state index in [1.54, 1.807) is 60.7 Å². The van der Waals surface area contributed by atoms with Crippen molar-refractivity contribution in [3.8, 4) is 22.8 Å². The van der Waals surface area contributed by atoms with Crippen LogP contribution >= 0.6 is 34.8 Å². The molecule has 44 heavy (non-hydrogen) atoms. The highest BCUT2D eigenvalue weighted by atomic mass is 35.5. The number of nitrogens with zero attached hydrogens (tertiary/aromatic N) is 2. The Morgan fingerprint density at radius 2 is 1.55 bits per heavy atom. The molecule has 13 heteroatoms. The van der Waals surface area contributed by atoms with Crippen LogP contribution in [0.1, 0.15) is 27.4 Å². The Bertz CT molecular complexity index is 1590. The lowest BCUT2D eigenvalue weighted by atomic mass is 10.0. The molecule has 5 N–H and O–H groups in total. The molecule has 0 saturated carbocycles. The molecule has 0 aliphatic heterocycles. The van der Waals surface area contributed by atoms with Gasteiger partial charge >= 0.3 is 0 Å². The number of aliphatic hydroxyl groups excluding tert-OH is 2. The van der Waals surface area contributed by atoms with Crippen LogP contribution < -0.4 is 25.4 Å². The molecule has 0 unspecified atom stereocenters. The summed E-state index contributed by atoms with van der Waals surface area (Å²) in [6, 6.07) is 17.4. The third kappa shape index (κ3) is 8.58. The van der Waals surface area contributed by atoms with Gasteiger partial charge in [0, 0.05) is 42.9 Å². The summed E-state index contributed by atoms with van der Waals surface area (Å²) in [6.07, 6.45) is 0. The Kier molecular flexibility index (Phi) is 12.6. The first kappa shape index (κ1) is 33.4. The van der Waals surface area contributed by atoms with Crippen molar-refractivity contribution in [3.05, 3.63) is 98.4 Å². The Balaban J connectivity index is 1.51. The van der Waals surface area contributed by atoms with E-state index in [0.717, 1.165) is 5.56 Å². The third-order valence-electron chi connectivity index (χ3n) is 6.38. The van der Waals surface area contributed by atoms with Crippen molar-refractivity contribution in [2.75, 3.05) is 38.7 Å². The molecule has 0 bridgehead atoms. The van der Waals surface area contributed by atoms with Gasteiger partial charge in [0.15, 0.2) is 0 Å². The van der Waals surface area contributed by atoms with Crippen LogP contribution in [0.15, 0.2) is 60.7 Å². The highest BCUT2D eigenvalue weighted by Crippen LogP contribution is 2.41. The van der Waals surface area contributed by atoms with Gasteiger partial charge < -0.3 is 35.6 Å². The van der Waals surface area contributed by atoms with Gasteiger partial charge in [-0.1, -0.05) is 65.1 Å². The van der Waals surface area contributed by atoms with Gasteiger partial charge in [-0.2, -0.15) is 0 Å². The van der Waals surface area contributed by atoms with E-state index in [2.05, 4.69) is 25.9 Å². The van der Waals surface area contributed by atoms with Gasteiger partial charge in [-0.3, -0.25) is 4.79 Å². The van der Waals surface area contributed by atoms with Gasteiger partial charge in [0.1, 0.15) is 23.7 Å². The lowest BCUT2D eigenvalue weighted by Crippen LogP contribution is -2.20. The molecule has 2 heterocycles. The Labute approximate surface area is 270 Å². The van der Waals surface area contributed by atoms with Crippen LogP contribution in [0, 0.1) is 0 Å². The van der Waals surface area contributed by atoms with Crippen molar-refractivity contribution >= 4 is 46.4 Å². The number of methoxy groups -OCH3 is 1. The van der Waals surface area contributed by atoms with Gasteiger partial charge in [-0.15, -0.1) is 0 Å². The van der Waals surface area contributed by atoms with E-state index in [1.165, 1.54) is 7.11 Å².